The molecule has 0 spiro atoms. The number of ether oxygens (including phenoxy) is 1. The van der Waals surface area contributed by atoms with Crippen molar-refractivity contribution in [3.8, 4) is 5.75 Å². The standard InChI is InChI=1S/C23H13BrClN3O4S/c24-16-9-14(10-17(25)21(16)32-12-13-4-3-5-15(8-13)28(30)31)11-20-22(29)27-19-7-2-1-6-18(19)26-23(27)33-20/h1-11H,12H2. The molecule has 0 fully saturated rings. The molecule has 0 aliphatic rings. The van der Waals surface area contributed by atoms with Gasteiger partial charge in [0.25, 0.3) is 11.2 Å². The molecule has 0 N–H and O–H groups in total. The minimum Gasteiger partial charge on any atom is -0.486 e. The zero-order valence-electron chi connectivity index (χ0n) is 16.7. The van der Waals surface area contributed by atoms with Gasteiger partial charge in [0.15, 0.2) is 10.7 Å². The molecule has 0 atom stereocenters. The van der Waals surface area contributed by atoms with E-state index in [1.807, 2.05) is 24.3 Å². The van der Waals surface area contributed by atoms with Gasteiger partial charge in [-0.15, -0.1) is 0 Å². The fourth-order valence-corrected chi connectivity index (χ4v) is 5.46. The van der Waals surface area contributed by atoms with E-state index in [9.17, 15) is 14.9 Å². The van der Waals surface area contributed by atoms with E-state index in [1.54, 1.807) is 34.7 Å². The van der Waals surface area contributed by atoms with Crippen LogP contribution < -0.4 is 14.8 Å². The van der Waals surface area contributed by atoms with Gasteiger partial charge >= 0.3 is 0 Å². The van der Waals surface area contributed by atoms with Crippen molar-refractivity contribution in [2.24, 2.45) is 0 Å². The molecule has 0 aliphatic heterocycles. The van der Waals surface area contributed by atoms with Gasteiger partial charge < -0.3 is 4.74 Å². The molecule has 3 aromatic carbocycles. The minimum atomic E-state index is -0.452. The molecule has 7 nitrogen and oxygen atoms in total. The summed E-state index contributed by atoms with van der Waals surface area (Å²) in [7, 11) is 0. The van der Waals surface area contributed by atoms with Crippen LogP contribution in [0, 0.1) is 10.1 Å². The van der Waals surface area contributed by atoms with Gasteiger partial charge in [0.2, 0.25) is 0 Å². The van der Waals surface area contributed by atoms with E-state index < -0.39 is 4.92 Å². The highest BCUT2D eigenvalue weighted by molar-refractivity contribution is 9.10. The van der Waals surface area contributed by atoms with Gasteiger partial charge in [0.1, 0.15) is 6.61 Å². The smallest absolute Gasteiger partial charge is 0.274 e. The zero-order valence-corrected chi connectivity index (χ0v) is 19.9. The van der Waals surface area contributed by atoms with E-state index in [1.165, 1.54) is 23.5 Å². The van der Waals surface area contributed by atoms with Crippen LogP contribution in [0.25, 0.3) is 22.1 Å². The Morgan fingerprint density at radius 1 is 1.18 bits per heavy atom. The van der Waals surface area contributed by atoms with Gasteiger partial charge in [0.05, 0.1) is 30.0 Å². The number of thiazole rings is 1. The van der Waals surface area contributed by atoms with E-state index >= 15 is 0 Å². The fourth-order valence-electron chi connectivity index (χ4n) is 3.48. The molecule has 0 saturated carbocycles. The highest BCUT2D eigenvalue weighted by Crippen LogP contribution is 2.35. The molecule has 10 heteroatoms. The van der Waals surface area contributed by atoms with Crippen LogP contribution in [0.1, 0.15) is 11.1 Å². The third-order valence-electron chi connectivity index (χ3n) is 4.97. The second-order valence-electron chi connectivity index (χ2n) is 7.16. The molecular weight excluding hydrogens is 530 g/mol. The summed E-state index contributed by atoms with van der Waals surface area (Å²) in [5.74, 6) is 0.412. The summed E-state index contributed by atoms with van der Waals surface area (Å²) >= 11 is 11.2. The Labute approximate surface area is 203 Å². The lowest BCUT2D eigenvalue weighted by Gasteiger charge is -2.11. The van der Waals surface area contributed by atoms with E-state index in [0.717, 1.165) is 16.6 Å². The summed E-state index contributed by atoms with van der Waals surface area (Å²) in [4.78, 5) is 28.6. The van der Waals surface area contributed by atoms with Crippen molar-refractivity contribution < 1.29 is 9.66 Å². The van der Waals surface area contributed by atoms with Gasteiger partial charge in [-0.3, -0.25) is 14.9 Å². The van der Waals surface area contributed by atoms with E-state index in [0.29, 0.717) is 30.3 Å². The first-order valence-corrected chi connectivity index (χ1v) is 11.7. The van der Waals surface area contributed by atoms with Crippen LogP contribution in [0.4, 0.5) is 5.69 Å². The molecule has 2 heterocycles. The number of non-ortho nitro benzene ring substituents is 1. The summed E-state index contributed by atoms with van der Waals surface area (Å²) in [5, 5.41) is 11.3. The molecule has 5 aromatic rings. The number of nitro benzene ring substituents is 1. The predicted octanol–water partition coefficient (Wildman–Crippen LogP) is 5.36. The first-order chi connectivity index (χ1) is 15.9. The highest BCUT2D eigenvalue weighted by Gasteiger charge is 2.13. The fraction of sp³-hybridized carbons (Fsp3) is 0.0435. The van der Waals surface area contributed by atoms with Crippen LogP contribution in [0.3, 0.4) is 0 Å². The Bertz CT molecular complexity index is 1640. The summed E-state index contributed by atoms with van der Waals surface area (Å²) in [6, 6.07) is 17.2. The molecule has 0 saturated heterocycles. The molecule has 5 rings (SSSR count). The number of fused-ring (bicyclic) bond motifs is 3. The zero-order chi connectivity index (χ0) is 23.1. The summed E-state index contributed by atoms with van der Waals surface area (Å²) in [6.45, 7) is 0.114. The molecule has 164 valence electrons. The van der Waals surface area contributed by atoms with Crippen molar-refractivity contribution in [1.29, 1.82) is 0 Å². The summed E-state index contributed by atoms with van der Waals surface area (Å²) < 4.78 is 8.56. The van der Waals surface area contributed by atoms with Crippen LogP contribution >= 0.6 is 38.9 Å². The van der Waals surface area contributed by atoms with Crippen molar-refractivity contribution in [2.75, 3.05) is 0 Å². The molecule has 0 bridgehead atoms. The van der Waals surface area contributed by atoms with Gasteiger partial charge in [-0.05, 0) is 57.4 Å². The third kappa shape index (κ3) is 4.10. The van der Waals surface area contributed by atoms with Crippen LogP contribution in [-0.2, 0) is 6.61 Å². The topological polar surface area (TPSA) is 86.7 Å². The molecule has 0 aliphatic carbocycles. The van der Waals surface area contributed by atoms with Crippen molar-refractivity contribution >= 4 is 66.6 Å². The van der Waals surface area contributed by atoms with Crippen LogP contribution in [0.15, 0.2) is 69.9 Å². The van der Waals surface area contributed by atoms with Gasteiger partial charge in [-0.2, -0.15) is 0 Å². The lowest BCUT2D eigenvalue weighted by molar-refractivity contribution is -0.384. The monoisotopic (exact) mass is 541 g/mol. The lowest BCUT2D eigenvalue weighted by atomic mass is 10.2. The van der Waals surface area contributed by atoms with Crippen LogP contribution in [-0.4, -0.2) is 14.3 Å². The number of hydrogen-bond donors (Lipinski definition) is 0. The Morgan fingerprint density at radius 3 is 2.79 bits per heavy atom. The number of nitrogens with zero attached hydrogens (tertiary/aromatic N) is 3. The predicted molar refractivity (Wildman–Crippen MR) is 132 cm³/mol. The average molecular weight is 543 g/mol. The maximum absolute atomic E-state index is 13.0. The highest BCUT2D eigenvalue weighted by atomic mass is 79.9. The molecule has 33 heavy (non-hydrogen) atoms. The van der Waals surface area contributed by atoms with Gasteiger partial charge in [-0.1, -0.05) is 47.2 Å². The number of rotatable bonds is 5. The van der Waals surface area contributed by atoms with E-state index in [2.05, 4.69) is 20.9 Å². The first kappa shape index (κ1) is 21.6. The van der Waals surface area contributed by atoms with Crippen LogP contribution in [0.2, 0.25) is 5.02 Å². The SMILES string of the molecule is O=c1c(=Cc2cc(Cl)c(OCc3cccc([N+](=O)[O-])c3)c(Br)c2)sc2nc3ccccc3n12. The van der Waals surface area contributed by atoms with Crippen molar-refractivity contribution in [2.45, 2.75) is 6.61 Å². The number of aromatic nitrogens is 2. The normalized spacial score (nSPS) is 12.0. The molecule has 0 unspecified atom stereocenters. The third-order valence-corrected chi connectivity index (χ3v) is 6.81. The van der Waals surface area contributed by atoms with Gasteiger partial charge in [0, 0.05) is 12.1 Å². The second-order valence-corrected chi connectivity index (χ2v) is 9.43. The second kappa shape index (κ2) is 8.58. The quantitative estimate of drug-likeness (QED) is 0.220. The molecular formula is C23H13BrClN3O4S. The Hall–Kier alpha value is -3.27. The first-order valence-electron chi connectivity index (χ1n) is 9.67. The number of nitro groups is 1. The van der Waals surface area contributed by atoms with E-state index in [4.69, 9.17) is 16.3 Å². The molecule has 2 aromatic heterocycles. The van der Waals surface area contributed by atoms with Crippen molar-refractivity contribution in [3.05, 3.63) is 106 Å². The lowest BCUT2D eigenvalue weighted by Crippen LogP contribution is -2.22. The number of benzene rings is 3. The molecule has 0 radical (unpaired) electrons. The number of imidazole rings is 1. The number of halogens is 2. The Kier molecular flexibility index (Phi) is 5.61. The summed E-state index contributed by atoms with van der Waals surface area (Å²) in [5.41, 5.74) is 2.78. The Balaban J connectivity index is 1.46. The number of hydrogen-bond acceptors (Lipinski definition) is 6. The van der Waals surface area contributed by atoms with Crippen molar-refractivity contribution in [3.63, 3.8) is 0 Å². The maximum atomic E-state index is 13.0. The minimum absolute atomic E-state index is 0.00491. The molecule has 0 amide bonds. The average Bonchev–Trinajstić information content (AvgIpc) is 3.29. The van der Waals surface area contributed by atoms with Crippen LogP contribution in [0.5, 0.6) is 5.75 Å². The maximum Gasteiger partial charge on any atom is 0.274 e. The van der Waals surface area contributed by atoms with Gasteiger partial charge in [-0.25, -0.2) is 9.38 Å². The summed E-state index contributed by atoms with van der Waals surface area (Å²) in [6.07, 6.45) is 1.76. The Morgan fingerprint density at radius 2 is 2.00 bits per heavy atom. The largest absolute Gasteiger partial charge is 0.486 e. The van der Waals surface area contributed by atoms with Crippen molar-refractivity contribution in [1.82, 2.24) is 9.38 Å². The number of para-hydroxylation sites is 2. The van der Waals surface area contributed by atoms with E-state index in [-0.39, 0.29) is 17.9 Å².